The van der Waals surface area contributed by atoms with Crippen LogP contribution in [0.4, 0.5) is 11.5 Å². The minimum absolute atomic E-state index is 0.0857. The number of nitrogens with zero attached hydrogens (tertiary/aromatic N) is 3. The van der Waals surface area contributed by atoms with Crippen LogP contribution in [0.1, 0.15) is 37.1 Å². The Bertz CT molecular complexity index is 1280. The lowest BCUT2D eigenvalue weighted by atomic mass is 9.88. The van der Waals surface area contributed by atoms with Crippen molar-refractivity contribution in [2.24, 2.45) is 5.92 Å². The van der Waals surface area contributed by atoms with Crippen LogP contribution in [0.15, 0.2) is 24.7 Å². The van der Waals surface area contributed by atoms with Crippen LogP contribution in [-0.2, 0) is 22.4 Å². The highest BCUT2D eigenvalue weighted by Gasteiger charge is 2.30. The van der Waals surface area contributed by atoms with Crippen molar-refractivity contribution < 1.29 is 14.3 Å². The standard InChI is InChI=1S/C23H25N5O3S/c1-3-7-31-18-10-16-14(11-26-28-16)8-17(18)27-21-20-15-6-5-13(23(29)30-4-2)9-19(15)32-22(20)25-12-24-21/h8,10-13H,3-7,9H2,1-2H3,(H,26,28)(H,24,25,27)/t13-/m0/s1. The third kappa shape index (κ3) is 3.77. The fourth-order valence-electron chi connectivity index (χ4n) is 4.19. The minimum Gasteiger partial charge on any atom is -0.491 e. The molecule has 0 radical (unpaired) electrons. The van der Waals surface area contributed by atoms with Gasteiger partial charge in [-0.25, -0.2) is 9.97 Å². The van der Waals surface area contributed by atoms with Crippen molar-refractivity contribution in [2.45, 2.75) is 39.5 Å². The Morgan fingerprint density at radius 2 is 2.22 bits per heavy atom. The molecule has 8 nitrogen and oxygen atoms in total. The number of H-pyrrole nitrogens is 1. The number of rotatable bonds is 7. The van der Waals surface area contributed by atoms with Gasteiger partial charge in [0.25, 0.3) is 0 Å². The van der Waals surface area contributed by atoms with Crippen molar-refractivity contribution in [3.8, 4) is 5.75 Å². The molecule has 1 aromatic carbocycles. The highest BCUT2D eigenvalue weighted by Crippen LogP contribution is 2.41. The molecule has 0 aliphatic heterocycles. The molecule has 4 aromatic rings. The van der Waals surface area contributed by atoms with Crippen LogP contribution in [0, 0.1) is 5.92 Å². The highest BCUT2D eigenvalue weighted by molar-refractivity contribution is 7.19. The number of esters is 1. The summed E-state index contributed by atoms with van der Waals surface area (Å²) >= 11 is 1.64. The quantitative estimate of drug-likeness (QED) is 0.390. The van der Waals surface area contributed by atoms with Gasteiger partial charge in [0.15, 0.2) is 0 Å². The molecule has 0 amide bonds. The van der Waals surface area contributed by atoms with Crippen molar-refractivity contribution in [3.63, 3.8) is 0 Å². The third-order valence-electron chi connectivity index (χ3n) is 5.72. The summed E-state index contributed by atoms with van der Waals surface area (Å²) in [6, 6.07) is 3.99. The van der Waals surface area contributed by atoms with Gasteiger partial charge in [-0.05, 0) is 44.2 Å². The van der Waals surface area contributed by atoms with Gasteiger partial charge >= 0.3 is 5.97 Å². The topological polar surface area (TPSA) is 102 Å². The van der Waals surface area contributed by atoms with Gasteiger partial charge in [-0.2, -0.15) is 5.10 Å². The number of aromatic amines is 1. The Balaban J connectivity index is 1.52. The van der Waals surface area contributed by atoms with Gasteiger partial charge in [-0.1, -0.05) is 6.92 Å². The first kappa shape index (κ1) is 20.7. The summed E-state index contributed by atoms with van der Waals surface area (Å²) in [4.78, 5) is 23.5. The first-order valence-corrected chi connectivity index (χ1v) is 11.8. The van der Waals surface area contributed by atoms with E-state index in [1.807, 2.05) is 19.1 Å². The lowest BCUT2D eigenvalue weighted by molar-refractivity contribution is -0.148. The molecule has 0 saturated carbocycles. The molecule has 0 spiro atoms. The van der Waals surface area contributed by atoms with E-state index in [1.54, 1.807) is 23.9 Å². The van der Waals surface area contributed by atoms with Crippen LogP contribution in [0.2, 0.25) is 0 Å². The Morgan fingerprint density at radius 1 is 1.31 bits per heavy atom. The number of carbonyl (C=O) groups is 1. The number of fused-ring (bicyclic) bond motifs is 4. The Labute approximate surface area is 189 Å². The fraction of sp³-hybridized carbons (Fsp3) is 0.391. The molecular weight excluding hydrogens is 426 g/mol. The second kappa shape index (κ2) is 8.74. The zero-order valence-electron chi connectivity index (χ0n) is 18.1. The Morgan fingerprint density at radius 3 is 3.06 bits per heavy atom. The van der Waals surface area contributed by atoms with E-state index >= 15 is 0 Å². The van der Waals surface area contributed by atoms with Gasteiger partial charge in [-0.3, -0.25) is 9.89 Å². The molecule has 1 atom stereocenters. The van der Waals surface area contributed by atoms with Crippen LogP contribution < -0.4 is 10.1 Å². The highest BCUT2D eigenvalue weighted by atomic mass is 32.1. The molecule has 5 rings (SSSR count). The van der Waals surface area contributed by atoms with E-state index in [-0.39, 0.29) is 11.9 Å². The number of carbonyl (C=O) groups excluding carboxylic acids is 1. The van der Waals surface area contributed by atoms with Crippen molar-refractivity contribution >= 4 is 49.9 Å². The molecule has 0 unspecified atom stereocenters. The number of aryl methyl sites for hydroxylation is 1. The van der Waals surface area contributed by atoms with Gasteiger partial charge < -0.3 is 14.8 Å². The summed E-state index contributed by atoms with van der Waals surface area (Å²) in [5.41, 5.74) is 2.99. The monoisotopic (exact) mass is 451 g/mol. The second-order valence-electron chi connectivity index (χ2n) is 7.88. The lowest BCUT2D eigenvalue weighted by Crippen LogP contribution is -2.23. The van der Waals surface area contributed by atoms with Crippen LogP contribution >= 0.6 is 11.3 Å². The zero-order valence-corrected chi connectivity index (χ0v) is 18.9. The van der Waals surface area contributed by atoms with Crippen LogP contribution in [-0.4, -0.2) is 39.3 Å². The predicted molar refractivity (Wildman–Crippen MR) is 125 cm³/mol. The van der Waals surface area contributed by atoms with Crippen molar-refractivity contribution in [1.29, 1.82) is 0 Å². The Hall–Kier alpha value is -3.20. The van der Waals surface area contributed by atoms with Gasteiger partial charge in [0.05, 0.1) is 41.9 Å². The number of hydrogen-bond acceptors (Lipinski definition) is 8. The summed E-state index contributed by atoms with van der Waals surface area (Å²) in [7, 11) is 0. The Kier molecular flexibility index (Phi) is 5.65. The maximum absolute atomic E-state index is 12.3. The molecule has 166 valence electrons. The minimum atomic E-state index is -0.105. The van der Waals surface area contributed by atoms with Crippen LogP contribution in [0.3, 0.4) is 0 Å². The van der Waals surface area contributed by atoms with E-state index < -0.39 is 0 Å². The number of hydrogen-bond donors (Lipinski definition) is 2. The molecule has 0 saturated heterocycles. The van der Waals surface area contributed by atoms with E-state index in [4.69, 9.17) is 9.47 Å². The molecule has 3 heterocycles. The summed E-state index contributed by atoms with van der Waals surface area (Å²) in [6.45, 7) is 4.96. The summed E-state index contributed by atoms with van der Waals surface area (Å²) in [6.07, 6.45) is 6.57. The van der Waals surface area contributed by atoms with Gasteiger partial charge in [0, 0.05) is 16.3 Å². The predicted octanol–water partition coefficient (Wildman–Crippen LogP) is 4.77. The lowest BCUT2D eigenvalue weighted by Gasteiger charge is -2.21. The molecule has 3 aromatic heterocycles. The first-order valence-electron chi connectivity index (χ1n) is 11.0. The normalized spacial score (nSPS) is 15.6. The van der Waals surface area contributed by atoms with Gasteiger partial charge in [0.2, 0.25) is 0 Å². The van der Waals surface area contributed by atoms with E-state index in [9.17, 15) is 4.79 Å². The van der Waals surface area contributed by atoms with E-state index in [0.717, 1.165) is 57.6 Å². The van der Waals surface area contributed by atoms with E-state index in [2.05, 4.69) is 32.4 Å². The number of ether oxygens (including phenoxy) is 2. The maximum atomic E-state index is 12.3. The molecule has 0 fully saturated rings. The molecule has 1 aliphatic rings. The average Bonchev–Trinajstić information content (AvgIpc) is 3.41. The smallest absolute Gasteiger partial charge is 0.309 e. The van der Waals surface area contributed by atoms with Crippen LogP contribution in [0.5, 0.6) is 5.75 Å². The fourth-order valence-corrected chi connectivity index (χ4v) is 5.46. The molecule has 0 bridgehead atoms. The summed E-state index contributed by atoms with van der Waals surface area (Å²) < 4.78 is 11.3. The zero-order chi connectivity index (χ0) is 22.1. The molecule has 2 N–H and O–H groups in total. The average molecular weight is 452 g/mol. The van der Waals surface area contributed by atoms with Crippen molar-refractivity contribution in [3.05, 3.63) is 35.1 Å². The largest absolute Gasteiger partial charge is 0.491 e. The third-order valence-corrected chi connectivity index (χ3v) is 6.88. The maximum Gasteiger partial charge on any atom is 0.309 e. The summed E-state index contributed by atoms with van der Waals surface area (Å²) in [5, 5.41) is 12.6. The number of anilines is 2. The first-order chi connectivity index (χ1) is 15.7. The second-order valence-corrected chi connectivity index (χ2v) is 8.96. The van der Waals surface area contributed by atoms with Crippen molar-refractivity contribution in [2.75, 3.05) is 18.5 Å². The van der Waals surface area contributed by atoms with Crippen molar-refractivity contribution in [1.82, 2.24) is 20.2 Å². The molecule has 32 heavy (non-hydrogen) atoms. The molecular formula is C23H25N5O3S. The van der Waals surface area contributed by atoms with Gasteiger partial charge in [0.1, 0.15) is 22.7 Å². The summed E-state index contributed by atoms with van der Waals surface area (Å²) in [5.74, 6) is 1.32. The van der Waals surface area contributed by atoms with E-state index in [0.29, 0.717) is 19.6 Å². The number of nitrogens with one attached hydrogen (secondary N) is 2. The number of benzene rings is 1. The molecule has 1 aliphatic carbocycles. The van der Waals surface area contributed by atoms with E-state index in [1.165, 1.54) is 10.4 Å². The number of aromatic nitrogens is 4. The SMILES string of the molecule is CCCOc1cc2[nH]ncc2cc1Nc1ncnc2sc3c(c12)CC[C@H](C(=O)OCC)C3. The van der Waals surface area contributed by atoms with Gasteiger partial charge in [-0.15, -0.1) is 11.3 Å². The molecule has 9 heteroatoms. The van der Waals surface area contributed by atoms with Crippen LogP contribution in [0.25, 0.3) is 21.1 Å². The number of thiophene rings is 1.